The van der Waals surface area contributed by atoms with Crippen molar-refractivity contribution < 1.29 is 52.6 Å². The van der Waals surface area contributed by atoms with Crippen molar-refractivity contribution in [3.63, 3.8) is 0 Å². The number of aliphatic hydroxyl groups excluding tert-OH is 1. The number of aliphatic hydroxyl groups is 1. The maximum absolute atomic E-state index is 12.6. The second kappa shape index (κ2) is 41.2. The van der Waals surface area contributed by atoms with Crippen LogP contribution in [0.4, 0.5) is 0 Å². The van der Waals surface area contributed by atoms with Crippen molar-refractivity contribution >= 4 is 25.7 Å². The molecule has 2 unspecified atom stereocenters. The molecule has 0 heterocycles. The SMILES string of the molecule is CC/C=C\C/C=C\C/C=C\C/C=C\C=C\C(O)CCCC(=O)O[C@H](COC(=O)CCCCC/C=C\C/C=C\C/C=C\C/C=C\C/C=C\CC)COP(=O)(O)OC[C@H](N)C(=O)O. The Hall–Kier alpha value is -4.16. The first-order chi connectivity index (χ1) is 29.5. The summed E-state index contributed by atoms with van der Waals surface area (Å²) in [5, 5.41) is 19.2. The lowest BCUT2D eigenvalue weighted by atomic mass is 10.1. The van der Waals surface area contributed by atoms with Gasteiger partial charge in [-0.05, 0) is 89.9 Å². The predicted molar refractivity (Wildman–Crippen MR) is 245 cm³/mol. The number of hydrogen-bond donors (Lipinski definition) is 4. The third-order valence-corrected chi connectivity index (χ3v) is 9.26. The fraction of sp³-hybridized carbons (Fsp3) is 0.521. The molecule has 0 aromatic rings. The molecule has 5 N–H and O–H groups in total. The van der Waals surface area contributed by atoms with Gasteiger partial charge in [0, 0.05) is 12.8 Å². The van der Waals surface area contributed by atoms with Gasteiger partial charge in [-0.25, -0.2) is 4.57 Å². The molecular weight excluding hydrogens is 797 g/mol. The van der Waals surface area contributed by atoms with Gasteiger partial charge in [0.15, 0.2) is 6.10 Å². The lowest BCUT2D eigenvalue weighted by Crippen LogP contribution is -2.34. The number of esters is 2. The van der Waals surface area contributed by atoms with Crippen LogP contribution in [0.1, 0.15) is 123 Å². The van der Waals surface area contributed by atoms with Crippen LogP contribution in [-0.4, -0.2) is 71.1 Å². The summed E-state index contributed by atoms with van der Waals surface area (Å²) in [7, 11) is -4.79. The summed E-state index contributed by atoms with van der Waals surface area (Å²) in [4.78, 5) is 46.0. The molecule has 0 saturated heterocycles. The highest BCUT2D eigenvalue weighted by Crippen LogP contribution is 2.43. The van der Waals surface area contributed by atoms with E-state index in [9.17, 15) is 28.9 Å². The van der Waals surface area contributed by atoms with Crippen molar-refractivity contribution in [2.24, 2.45) is 5.73 Å². The number of carbonyl (C=O) groups excluding carboxylic acids is 2. The summed E-state index contributed by atoms with van der Waals surface area (Å²) in [5.74, 6) is -2.67. The van der Waals surface area contributed by atoms with Gasteiger partial charge in [-0.15, -0.1) is 0 Å². The van der Waals surface area contributed by atoms with E-state index in [4.69, 9.17) is 24.8 Å². The maximum Gasteiger partial charge on any atom is 0.472 e. The highest BCUT2D eigenvalue weighted by molar-refractivity contribution is 7.47. The van der Waals surface area contributed by atoms with E-state index in [0.29, 0.717) is 6.42 Å². The monoisotopic (exact) mass is 871 g/mol. The molecule has 0 rings (SSSR count). The molecule has 0 radical (unpaired) electrons. The van der Waals surface area contributed by atoms with Gasteiger partial charge in [0.1, 0.15) is 12.6 Å². The molecule has 0 aromatic carbocycles. The molecule has 0 aromatic heterocycles. The first-order valence-electron chi connectivity index (χ1n) is 21.7. The molecule has 0 fully saturated rings. The predicted octanol–water partition coefficient (Wildman–Crippen LogP) is 10.6. The van der Waals surface area contributed by atoms with Crippen LogP contribution in [0, 0.1) is 0 Å². The zero-order valence-corrected chi connectivity index (χ0v) is 37.4. The zero-order chi connectivity index (χ0) is 45.1. The largest absolute Gasteiger partial charge is 0.480 e. The van der Waals surface area contributed by atoms with E-state index in [1.807, 2.05) is 12.2 Å². The molecule has 13 heteroatoms. The molecule has 0 bridgehead atoms. The average molecular weight is 872 g/mol. The quantitative estimate of drug-likeness (QED) is 0.0151. The van der Waals surface area contributed by atoms with Gasteiger partial charge in [-0.1, -0.05) is 142 Å². The average Bonchev–Trinajstić information content (AvgIpc) is 3.23. The van der Waals surface area contributed by atoms with Crippen LogP contribution < -0.4 is 5.73 Å². The number of phosphoric acid groups is 1. The molecule has 61 heavy (non-hydrogen) atoms. The maximum atomic E-state index is 12.6. The van der Waals surface area contributed by atoms with Crippen molar-refractivity contribution in [3.8, 4) is 0 Å². The number of aliphatic carboxylic acids is 1. The van der Waals surface area contributed by atoms with Crippen LogP contribution in [0.25, 0.3) is 0 Å². The van der Waals surface area contributed by atoms with Crippen LogP contribution in [0.2, 0.25) is 0 Å². The van der Waals surface area contributed by atoms with Crippen LogP contribution in [0.3, 0.4) is 0 Å². The lowest BCUT2D eigenvalue weighted by Gasteiger charge is -2.20. The number of phosphoric ester groups is 1. The topological polar surface area (TPSA) is 192 Å². The van der Waals surface area contributed by atoms with Crippen molar-refractivity contribution in [2.75, 3.05) is 19.8 Å². The van der Waals surface area contributed by atoms with E-state index < -0.39 is 63.8 Å². The molecule has 0 aliphatic carbocycles. The van der Waals surface area contributed by atoms with Crippen LogP contribution in [0.15, 0.2) is 122 Å². The van der Waals surface area contributed by atoms with Gasteiger partial charge in [0.2, 0.25) is 0 Å². The zero-order valence-electron chi connectivity index (χ0n) is 36.6. The van der Waals surface area contributed by atoms with Crippen molar-refractivity contribution in [3.05, 3.63) is 122 Å². The lowest BCUT2D eigenvalue weighted by molar-refractivity contribution is -0.161. The second-order valence-electron chi connectivity index (χ2n) is 13.9. The number of ether oxygens (including phenoxy) is 2. The molecular formula is C48H74NO11P. The number of allylic oxidation sites excluding steroid dienone is 19. The third kappa shape index (κ3) is 41.0. The summed E-state index contributed by atoms with van der Waals surface area (Å²) in [6, 6.07) is -1.56. The Morgan fingerprint density at radius 2 is 1.07 bits per heavy atom. The minimum atomic E-state index is -4.79. The molecule has 342 valence electrons. The summed E-state index contributed by atoms with van der Waals surface area (Å²) in [5.41, 5.74) is 5.32. The van der Waals surface area contributed by atoms with Crippen LogP contribution in [0.5, 0.6) is 0 Å². The Morgan fingerprint density at radius 1 is 0.590 bits per heavy atom. The Kier molecular flexibility index (Phi) is 38.4. The van der Waals surface area contributed by atoms with E-state index in [2.05, 4.69) is 116 Å². The van der Waals surface area contributed by atoms with Crippen molar-refractivity contribution in [2.45, 2.75) is 141 Å². The number of carboxylic acid groups (broad SMARTS) is 1. The minimum Gasteiger partial charge on any atom is -0.480 e. The van der Waals surface area contributed by atoms with Crippen LogP contribution >= 0.6 is 7.82 Å². The molecule has 0 spiro atoms. The summed E-state index contributed by atoms with van der Waals surface area (Å²) < 4.78 is 32.5. The number of unbranched alkanes of at least 4 members (excludes halogenated alkanes) is 3. The number of hydrogen-bond acceptors (Lipinski definition) is 10. The van der Waals surface area contributed by atoms with Gasteiger partial charge in [0.25, 0.3) is 0 Å². The Labute approximate surface area is 365 Å². The normalized spacial score (nSPS) is 15.4. The second-order valence-corrected chi connectivity index (χ2v) is 15.4. The first kappa shape index (κ1) is 56.8. The number of carboxylic acids is 1. The van der Waals surface area contributed by atoms with Gasteiger partial charge in [0.05, 0.1) is 19.3 Å². The number of nitrogens with two attached hydrogens (primary N) is 1. The fourth-order valence-corrected chi connectivity index (χ4v) is 5.72. The Bertz CT molecular complexity index is 1510. The van der Waals surface area contributed by atoms with E-state index in [-0.39, 0.29) is 25.7 Å². The summed E-state index contributed by atoms with van der Waals surface area (Å²) in [6.45, 7) is 2.31. The van der Waals surface area contributed by atoms with Crippen molar-refractivity contribution in [1.82, 2.24) is 0 Å². The van der Waals surface area contributed by atoms with Crippen LogP contribution in [-0.2, 0) is 37.5 Å². The van der Waals surface area contributed by atoms with E-state index in [0.717, 1.165) is 77.0 Å². The van der Waals surface area contributed by atoms with E-state index in [1.165, 1.54) is 0 Å². The minimum absolute atomic E-state index is 0.0854. The molecule has 12 nitrogen and oxygen atoms in total. The highest BCUT2D eigenvalue weighted by Gasteiger charge is 2.28. The highest BCUT2D eigenvalue weighted by atomic mass is 31.2. The third-order valence-electron chi connectivity index (χ3n) is 8.31. The van der Waals surface area contributed by atoms with Gasteiger partial charge in [-0.2, -0.15) is 0 Å². The van der Waals surface area contributed by atoms with E-state index in [1.54, 1.807) is 12.2 Å². The molecule has 0 aliphatic heterocycles. The first-order valence-corrected chi connectivity index (χ1v) is 23.2. The van der Waals surface area contributed by atoms with Gasteiger partial charge < -0.3 is 30.3 Å². The number of rotatable bonds is 38. The molecule has 4 atom stereocenters. The fourth-order valence-electron chi connectivity index (χ4n) is 4.94. The standard InChI is InChI=1S/C48H74NO11P/c1-3-5-7-9-11-13-15-17-18-19-20-21-22-24-26-28-30-32-34-38-46(51)57-40-44(41-58-61(55,56)59-42-45(49)48(53)54)60-47(52)39-35-37-43(50)36-33-31-29-27-25-23-16-14-12-10-8-6-4-2/h5-8,11-14,17-18,20-21,23-26,29,31,33,36,43-45,50H,3-4,9-10,15-16,19,22,27-28,30,32,34-35,37-42,49H2,1-2H3,(H,53,54)(H,55,56)/b7-5-,8-6-,13-11-,14-12-,18-17-,21-20-,25-23-,26-24-,31-29-,36-33+/t43?,44-,45+/m1/s1. The molecule has 0 saturated carbocycles. The smallest absolute Gasteiger partial charge is 0.472 e. The van der Waals surface area contributed by atoms with E-state index >= 15 is 0 Å². The summed E-state index contributed by atoms with van der Waals surface area (Å²) in [6.07, 6.45) is 51.5. The van der Waals surface area contributed by atoms with Crippen molar-refractivity contribution in [1.29, 1.82) is 0 Å². The van der Waals surface area contributed by atoms with Gasteiger partial charge in [-0.3, -0.25) is 23.4 Å². The van der Waals surface area contributed by atoms with Gasteiger partial charge >= 0.3 is 25.7 Å². The number of carbonyl (C=O) groups is 3. The molecule has 0 aliphatic rings. The molecule has 0 amide bonds. The Morgan fingerprint density at radius 3 is 1.59 bits per heavy atom. The summed E-state index contributed by atoms with van der Waals surface area (Å²) >= 11 is 0. The Balaban J connectivity index is 4.65.